The molecule has 0 aliphatic carbocycles. The van der Waals surface area contributed by atoms with Gasteiger partial charge in [0.1, 0.15) is 0 Å². The summed E-state index contributed by atoms with van der Waals surface area (Å²) in [6.07, 6.45) is 1.88. The Labute approximate surface area is 133 Å². The molecule has 1 aliphatic rings. The molecular weight excluding hydrogens is 326 g/mol. The molecule has 1 aliphatic heterocycles. The zero-order valence-electron chi connectivity index (χ0n) is 12.1. The van der Waals surface area contributed by atoms with Crippen LogP contribution in [-0.4, -0.2) is 23.9 Å². The molecule has 0 spiro atoms. The highest BCUT2D eigenvalue weighted by Gasteiger charge is 2.21. The summed E-state index contributed by atoms with van der Waals surface area (Å²) in [4.78, 5) is 14.8. The van der Waals surface area contributed by atoms with Crippen molar-refractivity contribution in [1.82, 2.24) is 4.90 Å². The largest absolute Gasteiger partial charge is 0.338 e. The molecule has 3 heteroatoms. The van der Waals surface area contributed by atoms with Crippen LogP contribution in [0.15, 0.2) is 46.9 Å². The number of benzene rings is 2. The lowest BCUT2D eigenvalue weighted by molar-refractivity contribution is 0.0762. The summed E-state index contributed by atoms with van der Waals surface area (Å²) < 4.78 is 0.992. The second kappa shape index (κ2) is 6.02. The van der Waals surface area contributed by atoms with Gasteiger partial charge >= 0.3 is 0 Å². The number of halogens is 1. The summed E-state index contributed by atoms with van der Waals surface area (Å²) in [5.41, 5.74) is 4.57. The van der Waals surface area contributed by atoms with Crippen LogP contribution in [-0.2, 0) is 12.8 Å². The minimum atomic E-state index is 0.140. The predicted molar refractivity (Wildman–Crippen MR) is 88.6 cm³/mol. The van der Waals surface area contributed by atoms with Gasteiger partial charge in [0.05, 0.1) is 0 Å². The van der Waals surface area contributed by atoms with Gasteiger partial charge in [-0.25, -0.2) is 0 Å². The molecule has 0 N–H and O–H groups in total. The van der Waals surface area contributed by atoms with Crippen LogP contribution in [0.2, 0.25) is 0 Å². The van der Waals surface area contributed by atoms with Gasteiger partial charge < -0.3 is 4.90 Å². The van der Waals surface area contributed by atoms with Gasteiger partial charge in [0.25, 0.3) is 5.91 Å². The summed E-state index contributed by atoms with van der Waals surface area (Å²) >= 11 is 3.51. The van der Waals surface area contributed by atoms with Crippen LogP contribution in [0.1, 0.15) is 27.0 Å². The Bertz CT molecular complexity index is 654. The molecule has 2 aromatic rings. The van der Waals surface area contributed by atoms with E-state index >= 15 is 0 Å². The van der Waals surface area contributed by atoms with Crippen molar-refractivity contribution in [2.75, 3.05) is 13.1 Å². The summed E-state index contributed by atoms with van der Waals surface area (Å²) in [6, 6.07) is 14.3. The van der Waals surface area contributed by atoms with E-state index in [1.165, 1.54) is 11.1 Å². The second-order valence-corrected chi connectivity index (χ2v) is 6.33. The molecule has 1 heterocycles. The number of hydrogen-bond donors (Lipinski definition) is 0. The predicted octanol–water partition coefficient (Wildman–Crippen LogP) is 4.00. The van der Waals surface area contributed by atoms with Crippen molar-refractivity contribution in [3.8, 4) is 0 Å². The number of fused-ring (bicyclic) bond motifs is 1. The normalized spacial score (nSPS) is 14.5. The first-order valence-electron chi connectivity index (χ1n) is 7.28. The molecule has 0 bridgehead atoms. The third-order valence-corrected chi connectivity index (χ3v) is 5.06. The standard InChI is InChI=1S/C18H18BrNO/c1-13-16(7-4-8-17(13)19)18(21)20-11-9-14-5-2-3-6-15(14)10-12-20/h2-8H,9-12H2,1H3. The first-order valence-corrected chi connectivity index (χ1v) is 8.07. The lowest BCUT2D eigenvalue weighted by Gasteiger charge is -2.21. The van der Waals surface area contributed by atoms with Crippen LogP contribution >= 0.6 is 15.9 Å². The maximum Gasteiger partial charge on any atom is 0.254 e. The van der Waals surface area contributed by atoms with Crippen molar-refractivity contribution in [3.63, 3.8) is 0 Å². The van der Waals surface area contributed by atoms with Crippen LogP contribution in [0, 0.1) is 6.92 Å². The molecule has 0 fully saturated rings. The van der Waals surface area contributed by atoms with Gasteiger partial charge in [0.2, 0.25) is 0 Å². The zero-order chi connectivity index (χ0) is 14.8. The Morgan fingerprint density at radius 3 is 2.24 bits per heavy atom. The van der Waals surface area contributed by atoms with E-state index in [4.69, 9.17) is 0 Å². The molecule has 0 atom stereocenters. The lowest BCUT2D eigenvalue weighted by Crippen LogP contribution is -2.33. The summed E-state index contributed by atoms with van der Waals surface area (Å²) in [5, 5.41) is 0. The molecule has 0 saturated heterocycles. The van der Waals surface area contributed by atoms with Crippen molar-refractivity contribution in [1.29, 1.82) is 0 Å². The van der Waals surface area contributed by atoms with Gasteiger partial charge in [-0.05, 0) is 48.6 Å². The SMILES string of the molecule is Cc1c(Br)cccc1C(=O)N1CCc2ccccc2CC1. The number of carbonyl (C=O) groups is 1. The maximum absolute atomic E-state index is 12.8. The van der Waals surface area contributed by atoms with Gasteiger partial charge in [-0.2, -0.15) is 0 Å². The van der Waals surface area contributed by atoms with Crippen LogP contribution in [0.3, 0.4) is 0 Å². The molecule has 108 valence electrons. The van der Waals surface area contributed by atoms with E-state index in [2.05, 4.69) is 40.2 Å². The highest BCUT2D eigenvalue weighted by atomic mass is 79.9. The minimum Gasteiger partial charge on any atom is -0.338 e. The van der Waals surface area contributed by atoms with Crippen molar-refractivity contribution < 1.29 is 4.79 Å². The number of hydrogen-bond acceptors (Lipinski definition) is 1. The average Bonchev–Trinajstić information content (AvgIpc) is 2.72. The van der Waals surface area contributed by atoms with E-state index in [0.29, 0.717) is 0 Å². The summed E-state index contributed by atoms with van der Waals surface area (Å²) in [7, 11) is 0. The molecule has 0 radical (unpaired) electrons. The molecule has 2 aromatic carbocycles. The Hall–Kier alpha value is -1.61. The molecule has 2 nitrogen and oxygen atoms in total. The monoisotopic (exact) mass is 343 g/mol. The summed E-state index contributed by atoms with van der Waals surface area (Å²) in [5.74, 6) is 0.140. The fraction of sp³-hybridized carbons (Fsp3) is 0.278. The van der Waals surface area contributed by atoms with Crippen LogP contribution < -0.4 is 0 Å². The number of carbonyl (C=O) groups excluding carboxylic acids is 1. The third kappa shape index (κ3) is 2.88. The van der Waals surface area contributed by atoms with Crippen molar-refractivity contribution in [3.05, 3.63) is 69.2 Å². The highest BCUT2D eigenvalue weighted by molar-refractivity contribution is 9.10. The fourth-order valence-corrected chi connectivity index (χ4v) is 3.25. The molecular formula is C18H18BrNO. The van der Waals surface area contributed by atoms with E-state index in [0.717, 1.165) is 41.5 Å². The fourth-order valence-electron chi connectivity index (χ4n) is 2.88. The number of nitrogens with zero attached hydrogens (tertiary/aromatic N) is 1. The lowest BCUT2D eigenvalue weighted by atomic mass is 10.0. The molecule has 0 saturated carbocycles. The number of rotatable bonds is 1. The molecule has 3 rings (SSSR count). The zero-order valence-corrected chi connectivity index (χ0v) is 13.7. The van der Waals surface area contributed by atoms with Gasteiger partial charge in [0.15, 0.2) is 0 Å². The van der Waals surface area contributed by atoms with E-state index < -0.39 is 0 Å². The highest BCUT2D eigenvalue weighted by Crippen LogP contribution is 2.22. The van der Waals surface area contributed by atoms with Crippen molar-refractivity contribution in [2.24, 2.45) is 0 Å². The third-order valence-electron chi connectivity index (χ3n) is 4.21. The van der Waals surface area contributed by atoms with Gasteiger partial charge in [0, 0.05) is 23.1 Å². The van der Waals surface area contributed by atoms with E-state index in [9.17, 15) is 4.79 Å². The maximum atomic E-state index is 12.8. The minimum absolute atomic E-state index is 0.140. The number of amides is 1. The van der Waals surface area contributed by atoms with Crippen molar-refractivity contribution >= 4 is 21.8 Å². The first-order chi connectivity index (χ1) is 10.2. The molecule has 0 aromatic heterocycles. The van der Waals surface area contributed by atoms with E-state index in [1.807, 2.05) is 30.0 Å². The quantitative estimate of drug-likeness (QED) is 0.766. The molecule has 0 unspecified atom stereocenters. The van der Waals surface area contributed by atoms with E-state index in [1.54, 1.807) is 0 Å². The first kappa shape index (κ1) is 14.3. The molecule has 21 heavy (non-hydrogen) atoms. The Balaban J connectivity index is 1.83. The van der Waals surface area contributed by atoms with Crippen LogP contribution in [0.5, 0.6) is 0 Å². The van der Waals surface area contributed by atoms with Gasteiger partial charge in [-0.3, -0.25) is 4.79 Å². The topological polar surface area (TPSA) is 20.3 Å². The molecule has 1 amide bonds. The Kier molecular flexibility index (Phi) is 4.11. The van der Waals surface area contributed by atoms with Crippen LogP contribution in [0.25, 0.3) is 0 Å². The second-order valence-electron chi connectivity index (χ2n) is 5.47. The van der Waals surface area contributed by atoms with Gasteiger partial charge in [-0.15, -0.1) is 0 Å². The Morgan fingerprint density at radius 2 is 1.62 bits per heavy atom. The Morgan fingerprint density at radius 1 is 1.00 bits per heavy atom. The summed E-state index contributed by atoms with van der Waals surface area (Å²) in [6.45, 7) is 3.58. The van der Waals surface area contributed by atoms with E-state index in [-0.39, 0.29) is 5.91 Å². The smallest absolute Gasteiger partial charge is 0.254 e. The van der Waals surface area contributed by atoms with Crippen molar-refractivity contribution in [2.45, 2.75) is 19.8 Å². The average molecular weight is 344 g/mol. The van der Waals surface area contributed by atoms with Crippen LogP contribution in [0.4, 0.5) is 0 Å². The van der Waals surface area contributed by atoms with Gasteiger partial charge in [-0.1, -0.05) is 46.3 Å².